The highest BCUT2D eigenvalue weighted by Gasteiger charge is 2.15. The van der Waals surface area contributed by atoms with Crippen molar-refractivity contribution < 1.29 is 4.79 Å². The van der Waals surface area contributed by atoms with Gasteiger partial charge in [-0.25, -0.2) is 0 Å². The van der Waals surface area contributed by atoms with Crippen LogP contribution < -0.4 is 10.6 Å². The second kappa shape index (κ2) is 6.11. The maximum absolute atomic E-state index is 11.6. The van der Waals surface area contributed by atoms with Crippen molar-refractivity contribution >= 4 is 5.91 Å². The Morgan fingerprint density at radius 3 is 2.13 bits per heavy atom. The first kappa shape index (κ1) is 14.4. The second-order valence-electron chi connectivity index (χ2n) is 5.43. The fourth-order valence-corrected chi connectivity index (χ4v) is 1.34. The van der Waals surface area contributed by atoms with E-state index in [0.717, 1.165) is 6.42 Å². The molecule has 0 aromatic heterocycles. The minimum Gasteiger partial charge on any atom is -0.352 e. The van der Waals surface area contributed by atoms with Crippen molar-refractivity contribution in [1.29, 1.82) is 0 Å². The minimum absolute atomic E-state index is 0.00309. The second-order valence-corrected chi connectivity index (χ2v) is 5.43. The van der Waals surface area contributed by atoms with Crippen molar-refractivity contribution in [3.05, 3.63) is 0 Å². The molecule has 1 atom stereocenters. The van der Waals surface area contributed by atoms with E-state index in [-0.39, 0.29) is 11.4 Å². The number of hydrogen-bond acceptors (Lipinski definition) is 2. The van der Waals surface area contributed by atoms with Crippen LogP contribution in [-0.4, -0.2) is 24.0 Å². The molecule has 3 heteroatoms. The van der Waals surface area contributed by atoms with E-state index in [4.69, 9.17) is 0 Å². The molecule has 0 rings (SSSR count). The number of carbonyl (C=O) groups is 1. The molecular formula is C12H26N2O. The monoisotopic (exact) mass is 214 g/mol. The minimum atomic E-state index is -0.00309. The molecular weight excluding hydrogens is 188 g/mol. The van der Waals surface area contributed by atoms with Gasteiger partial charge in [0, 0.05) is 11.6 Å². The van der Waals surface area contributed by atoms with Gasteiger partial charge in [-0.2, -0.15) is 0 Å². The van der Waals surface area contributed by atoms with Gasteiger partial charge in [0.05, 0.1) is 6.54 Å². The lowest BCUT2D eigenvalue weighted by Gasteiger charge is -2.23. The molecule has 0 radical (unpaired) electrons. The molecule has 1 unspecified atom stereocenters. The van der Waals surface area contributed by atoms with Crippen LogP contribution in [-0.2, 0) is 4.79 Å². The zero-order chi connectivity index (χ0) is 12.1. The average molecular weight is 214 g/mol. The lowest BCUT2D eigenvalue weighted by Crippen LogP contribution is -2.47. The van der Waals surface area contributed by atoms with Crippen molar-refractivity contribution in [2.24, 2.45) is 5.92 Å². The summed E-state index contributed by atoms with van der Waals surface area (Å²) in [5.74, 6) is 0.582. The number of carbonyl (C=O) groups excluding carboxylic acids is 1. The first-order valence-corrected chi connectivity index (χ1v) is 5.80. The summed E-state index contributed by atoms with van der Waals surface area (Å²) in [5.41, 5.74) is -0.00309. The van der Waals surface area contributed by atoms with E-state index in [1.807, 2.05) is 0 Å². The van der Waals surface area contributed by atoms with E-state index in [9.17, 15) is 4.79 Å². The van der Waals surface area contributed by atoms with Crippen molar-refractivity contribution in [1.82, 2.24) is 10.6 Å². The molecule has 3 nitrogen and oxygen atoms in total. The van der Waals surface area contributed by atoms with Crippen LogP contribution in [0, 0.1) is 5.92 Å². The van der Waals surface area contributed by atoms with Crippen LogP contribution in [0.4, 0.5) is 0 Å². The topological polar surface area (TPSA) is 41.1 Å². The van der Waals surface area contributed by atoms with Gasteiger partial charge in [-0.1, -0.05) is 20.8 Å². The molecule has 0 spiro atoms. The van der Waals surface area contributed by atoms with Gasteiger partial charge in [-0.15, -0.1) is 0 Å². The molecule has 0 aliphatic carbocycles. The highest BCUT2D eigenvalue weighted by Crippen LogP contribution is 2.05. The Labute approximate surface area is 94.0 Å². The van der Waals surface area contributed by atoms with Crippen LogP contribution in [0.1, 0.15) is 48.0 Å². The highest BCUT2D eigenvalue weighted by atomic mass is 16.2. The summed E-state index contributed by atoms with van der Waals surface area (Å²) in [6.07, 6.45) is 0.985. The summed E-state index contributed by atoms with van der Waals surface area (Å²) < 4.78 is 0. The van der Waals surface area contributed by atoms with Gasteiger partial charge in [0.2, 0.25) is 5.91 Å². The number of nitrogens with one attached hydrogen (secondary N) is 2. The van der Waals surface area contributed by atoms with E-state index in [1.165, 1.54) is 0 Å². The lowest BCUT2D eigenvalue weighted by molar-refractivity contribution is -0.121. The standard InChI is InChI=1S/C12H26N2O/c1-7-10(9(2)3)14-11(15)8-13-12(4,5)6/h9-10,13H,7-8H2,1-6H3,(H,14,15). The third-order valence-corrected chi connectivity index (χ3v) is 2.37. The largest absolute Gasteiger partial charge is 0.352 e. The van der Waals surface area contributed by atoms with Gasteiger partial charge in [-0.05, 0) is 33.1 Å². The molecule has 0 saturated carbocycles. The molecule has 0 aromatic rings. The predicted molar refractivity (Wildman–Crippen MR) is 64.8 cm³/mol. The molecule has 2 N–H and O–H groups in total. The van der Waals surface area contributed by atoms with Crippen LogP contribution in [0.15, 0.2) is 0 Å². The van der Waals surface area contributed by atoms with Gasteiger partial charge in [0.15, 0.2) is 0 Å². The van der Waals surface area contributed by atoms with Gasteiger partial charge in [0.25, 0.3) is 0 Å². The molecule has 0 bridgehead atoms. The van der Waals surface area contributed by atoms with Crippen LogP contribution in [0.2, 0.25) is 0 Å². The summed E-state index contributed by atoms with van der Waals surface area (Å²) in [5, 5.41) is 6.22. The normalized spacial score (nSPS) is 14.1. The molecule has 0 aliphatic heterocycles. The van der Waals surface area contributed by atoms with Crippen molar-refractivity contribution in [3.63, 3.8) is 0 Å². The van der Waals surface area contributed by atoms with Crippen LogP contribution in [0.25, 0.3) is 0 Å². The van der Waals surface area contributed by atoms with E-state index in [1.54, 1.807) is 0 Å². The quantitative estimate of drug-likeness (QED) is 0.734. The predicted octanol–water partition coefficient (Wildman–Crippen LogP) is 1.93. The van der Waals surface area contributed by atoms with Crippen LogP contribution in [0.3, 0.4) is 0 Å². The maximum atomic E-state index is 11.6. The zero-order valence-corrected chi connectivity index (χ0v) is 11.0. The average Bonchev–Trinajstić information content (AvgIpc) is 2.09. The Balaban J connectivity index is 3.92. The van der Waals surface area contributed by atoms with E-state index in [0.29, 0.717) is 18.5 Å². The summed E-state index contributed by atoms with van der Waals surface area (Å²) in [4.78, 5) is 11.6. The number of rotatable bonds is 5. The van der Waals surface area contributed by atoms with E-state index < -0.39 is 0 Å². The smallest absolute Gasteiger partial charge is 0.234 e. The van der Waals surface area contributed by atoms with Crippen LogP contribution in [0.5, 0.6) is 0 Å². The van der Waals surface area contributed by atoms with Gasteiger partial charge in [0.1, 0.15) is 0 Å². The molecule has 0 heterocycles. The van der Waals surface area contributed by atoms with Gasteiger partial charge < -0.3 is 10.6 Å². The van der Waals surface area contributed by atoms with E-state index >= 15 is 0 Å². The van der Waals surface area contributed by atoms with Crippen molar-refractivity contribution in [3.8, 4) is 0 Å². The summed E-state index contributed by atoms with van der Waals surface area (Å²) >= 11 is 0. The Morgan fingerprint density at radius 2 is 1.80 bits per heavy atom. The molecule has 0 aromatic carbocycles. The first-order chi connectivity index (χ1) is 6.76. The van der Waals surface area contributed by atoms with E-state index in [2.05, 4.69) is 52.2 Å². The third kappa shape index (κ3) is 7.37. The Morgan fingerprint density at radius 1 is 1.27 bits per heavy atom. The molecule has 0 fully saturated rings. The van der Waals surface area contributed by atoms with Crippen molar-refractivity contribution in [2.45, 2.75) is 59.5 Å². The van der Waals surface area contributed by atoms with Gasteiger partial charge >= 0.3 is 0 Å². The molecule has 90 valence electrons. The number of amides is 1. The summed E-state index contributed by atoms with van der Waals surface area (Å²) in [7, 11) is 0. The van der Waals surface area contributed by atoms with Gasteiger partial charge in [-0.3, -0.25) is 4.79 Å². The molecule has 1 amide bonds. The fraction of sp³-hybridized carbons (Fsp3) is 0.917. The Kier molecular flexibility index (Phi) is 5.88. The highest BCUT2D eigenvalue weighted by molar-refractivity contribution is 5.78. The summed E-state index contributed by atoms with van der Waals surface area (Å²) in [6, 6.07) is 0.291. The third-order valence-electron chi connectivity index (χ3n) is 2.37. The fourth-order valence-electron chi connectivity index (χ4n) is 1.34. The molecule has 15 heavy (non-hydrogen) atoms. The van der Waals surface area contributed by atoms with Crippen LogP contribution >= 0.6 is 0 Å². The zero-order valence-electron chi connectivity index (χ0n) is 11.0. The maximum Gasteiger partial charge on any atom is 0.234 e. The molecule has 0 aliphatic rings. The SMILES string of the molecule is CCC(NC(=O)CNC(C)(C)C)C(C)C. The number of hydrogen-bond donors (Lipinski definition) is 2. The molecule has 0 saturated heterocycles. The lowest BCUT2D eigenvalue weighted by atomic mass is 10.0. The Bertz CT molecular complexity index is 194. The first-order valence-electron chi connectivity index (χ1n) is 5.80. The Hall–Kier alpha value is -0.570. The van der Waals surface area contributed by atoms with Crippen molar-refractivity contribution in [2.75, 3.05) is 6.54 Å². The summed E-state index contributed by atoms with van der Waals surface area (Å²) in [6.45, 7) is 12.9.